The summed E-state index contributed by atoms with van der Waals surface area (Å²) < 4.78 is 11.9. The van der Waals surface area contributed by atoms with Gasteiger partial charge in [0.25, 0.3) is 0 Å². The Morgan fingerprint density at radius 3 is 2.86 bits per heavy atom. The van der Waals surface area contributed by atoms with Gasteiger partial charge in [0.1, 0.15) is 0 Å². The highest BCUT2D eigenvalue weighted by Gasteiger charge is 2.72. The van der Waals surface area contributed by atoms with Crippen LogP contribution < -0.4 is 10.1 Å². The highest BCUT2D eigenvalue weighted by Crippen LogP contribution is 2.64. The lowest BCUT2D eigenvalue weighted by atomic mass is 9.49. The zero-order valence-electron chi connectivity index (χ0n) is 16.2. The number of phenols is 1. The lowest BCUT2D eigenvalue weighted by Crippen LogP contribution is -2.80. The molecule has 5 rings (SSSR count). The first-order chi connectivity index (χ1) is 13.3. The van der Waals surface area contributed by atoms with Gasteiger partial charge in [0.15, 0.2) is 23.7 Å². The number of carbonyl (C=O) groups excluding carboxylic acids is 2. The number of esters is 1. The Labute approximate surface area is 163 Å². The van der Waals surface area contributed by atoms with Crippen LogP contribution in [0.2, 0.25) is 0 Å². The molecule has 0 aromatic heterocycles. The smallest absolute Gasteiger partial charge is 0.303 e. The number of hydrogen-bond acceptors (Lipinski definition) is 6. The molecule has 7 nitrogen and oxygen atoms in total. The second-order valence-corrected chi connectivity index (χ2v) is 8.39. The maximum atomic E-state index is 12.3. The van der Waals surface area contributed by atoms with Crippen LogP contribution in [-0.2, 0) is 26.2 Å². The molecule has 1 aromatic rings. The minimum Gasteiger partial charge on any atom is -0.504 e. The Bertz CT molecular complexity index is 928. The number of nitrogens with one attached hydrogen (secondary N) is 1. The zero-order valence-corrected chi connectivity index (χ0v) is 16.2. The molecule has 0 radical (unpaired) electrons. The molecule has 1 aromatic carbocycles. The van der Waals surface area contributed by atoms with Crippen LogP contribution in [0.1, 0.15) is 31.4 Å². The molecule has 28 heavy (non-hydrogen) atoms. The first kappa shape index (κ1) is 17.6. The quantitative estimate of drug-likeness (QED) is 0.585. The minimum absolute atomic E-state index is 0.0359. The Hall–Kier alpha value is -2.54. The van der Waals surface area contributed by atoms with E-state index in [4.69, 9.17) is 9.47 Å². The molecular weight excluding hydrogens is 360 g/mol. The second kappa shape index (κ2) is 5.50. The summed E-state index contributed by atoms with van der Waals surface area (Å²) in [5.41, 5.74) is 0.771. The lowest BCUT2D eigenvalue weighted by molar-refractivity contribution is -0.155. The van der Waals surface area contributed by atoms with Crippen LogP contribution in [0.15, 0.2) is 24.3 Å². The zero-order chi connectivity index (χ0) is 19.8. The van der Waals surface area contributed by atoms with E-state index < -0.39 is 23.2 Å². The Morgan fingerprint density at radius 2 is 2.14 bits per heavy atom. The van der Waals surface area contributed by atoms with E-state index in [0.717, 1.165) is 30.5 Å². The van der Waals surface area contributed by atoms with E-state index in [1.165, 1.54) is 13.8 Å². The van der Waals surface area contributed by atoms with Crippen LogP contribution in [0, 0.1) is 0 Å². The van der Waals surface area contributed by atoms with Crippen molar-refractivity contribution in [2.24, 2.45) is 0 Å². The normalized spacial score (nSPS) is 37.0. The van der Waals surface area contributed by atoms with E-state index in [0.29, 0.717) is 5.75 Å². The van der Waals surface area contributed by atoms with Gasteiger partial charge >= 0.3 is 5.97 Å². The van der Waals surface area contributed by atoms with Gasteiger partial charge in [-0.05, 0) is 44.1 Å². The predicted octanol–water partition coefficient (Wildman–Crippen LogP) is 1.03. The summed E-state index contributed by atoms with van der Waals surface area (Å²) in [6.07, 6.45) is 4.20. The van der Waals surface area contributed by atoms with E-state index >= 15 is 0 Å². The Morgan fingerprint density at radius 1 is 1.36 bits per heavy atom. The number of ether oxygens (including phenoxy) is 2. The van der Waals surface area contributed by atoms with E-state index in [9.17, 15) is 14.7 Å². The maximum Gasteiger partial charge on any atom is 0.303 e. The number of amides is 1. The molecule has 1 amide bonds. The molecule has 7 heteroatoms. The predicted molar refractivity (Wildman–Crippen MR) is 100 cm³/mol. The summed E-state index contributed by atoms with van der Waals surface area (Å²) in [7, 11) is 2.07. The molecule has 2 aliphatic heterocycles. The number of aromatic hydroxyl groups is 1. The third kappa shape index (κ3) is 1.92. The van der Waals surface area contributed by atoms with E-state index in [2.05, 4.69) is 17.3 Å². The summed E-state index contributed by atoms with van der Waals surface area (Å²) in [5, 5.41) is 13.8. The molecule has 2 N–H and O–H groups in total. The summed E-state index contributed by atoms with van der Waals surface area (Å²) in [6.45, 7) is 3.72. The van der Waals surface area contributed by atoms with Crippen LogP contribution in [0.25, 0.3) is 0 Å². The fraction of sp³-hybridized carbons (Fsp3) is 0.524. The van der Waals surface area contributed by atoms with Gasteiger partial charge in [-0.1, -0.05) is 12.1 Å². The number of benzene rings is 1. The van der Waals surface area contributed by atoms with Crippen molar-refractivity contribution in [1.82, 2.24) is 10.2 Å². The number of piperidine rings is 1. The van der Waals surface area contributed by atoms with Crippen LogP contribution >= 0.6 is 0 Å². The van der Waals surface area contributed by atoms with Crippen LogP contribution in [0.3, 0.4) is 0 Å². The highest BCUT2D eigenvalue weighted by molar-refractivity contribution is 5.77. The number of phenolic OH excluding ortho intramolecular Hbond substituents is 1. The summed E-state index contributed by atoms with van der Waals surface area (Å²) in [4.78, 5) is 26.3. The van der Waals surface area contributed by atoms with Crippen molar-refractivity contribution in [1.29, 1.82) is 0 Å². The Kier molecular flexibility index (Phi) is 3.45. The third-order valence-corrected chi connectivity index (χ3v) is 7.00. The van der Waals surface area contributed by atoms with Crippen molar-refractivity contribution in [2.45, 2.75) is 55.9 Å². The molecule has 4 aliphatic rings. The molecule has 0 saturated carbocycles. The van der Waals surface area contributed by atoms with Crippen molar-refractivity contribution in [3.63, 3.8) is 0 Å². The van der Waals surface area contributed by atoms with E-state index in [1.54, 1.807) is 6.07 Å². The number of nitrogens with zero attached hydrogens (tertiary/aromatic N) is 1. The van der Waals surface area contributed by atoms with Crippen molar-refractivity contribution in [3.05, 3.63) is 35.4 Å². The average Bonchev–Trinajstić information content (AvgIpc) is 2.97. The molecule has 2 aliphatic carbocycles. The average molecular weight is 384 g/mol. The molecule has 1 saturated heterocycles. The topological polar surface area (TPSA) is 88.1 Å². The second-order valence-electron chi connectivity index (χ2n) is 8.39. The van der Waals surface area contributed by atoms with Gasteiger partial charge in [-0.3, -0.25) is 9.59 Å². The van der Waals surface area contributed by atoms with Crippen LogP contribution in [0.5, 0.6) is 11.5 Å². The Balaban J connectivity index is 1.82. The molecule has 2 heterocycles. The van der Waals surface area contributed by atoms with Crippen molar-refractivity contribution < 1.29 is 24.2 Å². The molecule has 1 spiro atoms. The molecule has 2 unspecified atom stereocenters. The van der Waals surface area contributed by atoms with Gasteiger partial charge in [-0.2, -0.15) is 0 Å². The van der Waals surface area contributed by atoms with Crippen molar-refractivity contribution in [2.75, 3.05) is 13.6 Å². The standard InChI is InChI=1S/C21H24N2O5/c1-11(24)22-21-7-6-15(27-12(2)25)19-20(21)8-9-23(3)16(21)10-13-4-5-14(26)18(28-19)17(13)20/h4-7,15-16,19,26H,8-10H2,1-3H3,(H,22,24)/t15-,16?,19-,20?,21+/m0/s1. The maximum absolute atomic E-state index is 12.3. The van der Waals surface area contributed by atoms with Crippen molar-refractivity contribution in [3.8, 4) is 11.5 Å². The number of rotatable bonds is 2. The SMILES string of the molecule is CC(=O)N[C@@]12C=C[C@H](OC(C)=O)[C@@H]3Oc4c(O)ccc5c4C31CCN(C)C2C5. The lowest BCUT2D eigenvalue weighted by Gasteiger charge is -2.63. The molecule has 2 bridgehead atoms. The van der Waals surface area contributed by atoms with E-state index in [1.807, 2.05) is 18.2 Å². The number of carbonyl (C=O) groups is 2. The summed E-state index contributed by atoms with van der Waals surface area (Å²) >= 11 is 0. The fourth-order valence-electron chi connectivity index (χ4n) is 6.13. The monoisotopic (exact) mass is 384 g/mol. The van der Waals surface area contributed by atoms with Gasteiger partial charge in [-0.15, -0.1) is 0 Å². The van der Waals surface area contributed by atoms with Crippen LogP contribution in [-0.4, -0.2) is 59.3 Å². The largest absolute Gasteiger partial charge is 0.504 e. The van der Waals surface area contributed by atoms with Gasteiger partial charge in [-0.25, -0.2) is 0 Å². The minimum atomic E-state index is -0.695. The van der Waals surface area contributed by atoms with Gasteiger partial charge < -0.3 is 24.8 Å². The van der Waals surface area contributed by atoms with Gasteiger partial charge in [0.05, 0.1) is 11.0 Å². The number of hydrogen-bond donors (Lipinski definition) is 2. The fourth-order valence-corrected chi connectivity index (χ4v) is 6.13. The van der Waals surface area contributed by atoms with Crippen molar-refractivity contribution >= 4 is 11.9 Å². The molecular formula is C21H24N2O5. The number of likely N-dealkylation sites (tertiary alicyclic amines) is 1. The van der Waals surface area contributed by atoms with Gasteiger partial charge in [0.2, 0.25) is 5.91 Å². The van der Waals surface area contributed by atoms with Crippen LogP contribution in [0.4, 0.5) is 0 Å². The summed E-state index contributed by atoms with van der Waals surface area (Å²) in [6, 6.07) is 3.65. The summed E-state index contributed by atoms with van der Waals surface area (Å²) in [5.74, 6) is 0.0349. The third-order valence-electron chi connectivity index (χ3n) is 7.00. The van der Waals surface area contributed by atoms with E-state index in [-0.39, 0.29) is 23.7 Å². The molecule has 5 atom stereocenters. The molecule has 1 fully saturated rings. The first-order valence-corrected chi connectivity index (χ1v) is 9.68. The molecule has 148 valence electrons. The van der Waals surface area contributed by atoms with Gasteiger partial charge in [0, 0.05) is 25.5 Å². The first-order valence-electron chi connectivity index (χ1n) is 9.68. The number of likely N-dealkylation sites (N-methyl/N-ethyl adjacent to an activating group) is 1. The highest BCUT2D eigenvalue weighted by atomic mass is 16.6.